The first-order valence-corrected chi connectivity index (χ1v) is 23.2. The van der Waals surface area contributed by atoms with Gasteiger partial charge in [0.05, 0.1) is 17.3 Å². The fourth-order valence-electron chi connectivity index (χ4n) is 8.18. The number of rotatable bonds is 19. The van der Waals surface area contributed by atoms with E-state index in [0.29, 0.717) is 51.4 Å². The number of aromatic nitrogens is 4. The van der Waals surface area contributed by atoms with Crippen LogP contribution < -0.4 is 22.5 Å². The van der Waals surface area contributed by atoms with Gasteiger partial charge >= 0.3 is 18.3 Å². The van der Waals surface area contributed by atoms with Crippen LogP contribution in [0.1, 0.15) is 105 Å². The van der Waals surface area contributed by atoms with Crippen LogP contribution in [-0.2, 0) is 22.4 Å². The summed E-state index contributed by atoms with van der Waals surface area (Å²) in [6.45, 7) is 4.03. The van der Waals surface area contributed by atoms with E-state index in [0.717, 1.165) is 17.5 Å². The van der Waals surface area contributed by atoms with Crippen LogP contribution in [0.3, 0.4) is 0 Å². The largest absolute Gasteiger partial charge is 0.481 e. The number of hydrogen-bond donors (Lipinski definition) is 5. The molecule has 0 radical (unpaired) electrons. The molecule has 2 aromatic heterocycles. The number of nitrogens with one attached hydrogen (secondary N) is 1. The van der Waals surface area contributed by atoms with Crippen molar-refractivity contribution in [2.45, 2.75) is 101 Å². The topological polar surface area (TPSA) is 237 Å². The van der Waals surface area contributed by atoms with Gasteiger partial charge in [-0.05, 0) is 127 Å². The number of amides is 3. The fraction of sp³-hybridized carbons (Fsp3) is 0.500. The zero-order valence-electron chi connectivity index (χ0n) is 40.2. The number of aliphatic carboxylic acids is 1. The van der Waals surface area contributed by atoms with Gasteiger partial charge in [-0.25, -0.2) is 19.9 Å². The standard InChI is InChI=1S/C24H29ClF3N5O2.C12H18ClN3O.C12H13F3N2O2/c1-14-30-11-17(12-31-14)19(23(6-7-23)24(26,27)28)10-21(34)32-13-18(33(2)3)8-15-4-5-16(22(29)35)9-20(15)25;1-16(2)10(7-14)5-8-3-4-9(12(15)17)6-11(8)13;1-7-16-5-8(6-17-7)9(4-10(18)19)11(2-3-11)12(13,14)15/h4-5,9,11-12,18-19H,6-8,10,13H2,1-3H3,(H2,29,35)(H,32,34);3-4,6,10H,5,7,14H2,1-2H3,(H2,15,17);5-6,9H,2-4H2,1H3,(H,18,19)/t18-,19?;10-;/m00./s1. The Labute approximate surface area is 418 Å². The molecule has 2 fully saturated rings. The molecule has 8 N–H and O–H groups in total. The number of carboxylic acid groups (broad SMARTS) is 1. The van der Waals surface area contributed by atoms with E-state index in [-0.39, 0.29) is 56.3 Å². The number of nitrogens with two attached hydrogens (primary N) is 3. The molecule has 0 spiro atoms. The van der Waals surface area contributed by atoms with E-state index < -0.39 is 65.1 Å². The number of aryl methyl sites for hydroxylation is 2. The number of primary amides is 2. The van der Waals surface area contributed by atoms with Gasteiger partial charge in [-0.1, -0.05) is 35.3 Å². The second-order valence-electron chi connectivity index (χ2n) is 18.4. The summed E-state index contributed by atoms with van der Waals surface area (Å²) in [4.78, 5) is 65.8. The molecule has 2 heterocycles. The number of alkyl halides is 6. The number of carboxylic acids is 1. The van der Waals surface area contributed by atoms with Crippen LogP contribution in [0, 0.1) is 24.7 Å². The van der Waals surface area contributed by atoms with Crippen LogP contribution >= 0.6 is 23.2 Å². The maximum atomic E-state index is 13.9. The van der Waals surface area contributed by atoms with Crippen molar-refractivity contribution >= 4 is 46.9 Å². The Morgan fingerprint density at radius 3 is 1.34 bits per heavy atom. The molecule has 2 aliphatic rings. The summed E-state index contributed by atoms with van der Waals surface area (Å²) in [6.07, 6.45) is -3.29. The summed E-state index contributed by atoms with van der Waals surface area (Å²) in [6, 6.07) is 9.93. The molecule has 0 bridgehead atoms. The highest BCUT2D eigenvalue weighted by atomic mass is 35.5. The first kappa shape index (κ1) is 58.1. The summed E-state index contributed by atoms with van der Waals surface area (Å²) in [7, 11) is 7.61. The lowest BCUT2D eigenvalue weighted by molar-refractivity contribution is -0.196. The Balaban J connectivity index is 0.000000256. The summed E-state index contributed by atoms with van der Waals surface area (Å²) >= 11 is 12.4. The van der Waals surface area contributed by atoms with Gasteiger partial charge in [0.25, 0.3) is 0 Å². The third-order valence-electron chi connectivity index (χ3n) is 13.1. The maximum Gasteiger partial charge on any atom is 0.395 e. The SMILES string of the molecule is CN(C)[C@H](CN)Cc1ccc(C(N)=O)cc1Cl.Cc1ncc(C(CC(=O)NC[C@H](Cc2ccc(C(N)=O)cc2Cl)N(C)C)C2(C(F)(F)F)CC2)cn1.Cc1ncc(C(CC(=O)O)C2(C(F)(F)F)CC2)cn1. The third-order valence-corrected chi connectivity index (χ3v) is 13.8. The normalized spacial score (nSPS) is 16.3. The molecule has 4 aromatic rings. The van der Waals surface area contributed by atoms with Gasteiger partial charge in [-0.15, -0.1) is 0 Å². The van der Waals surface area contributed by atoms with Gasteiger partial charge in [0.2, 0.25) is 17.7 Å². The van der Waals surface area contributed by atoms with E-state index in [1.807, 2.05) is 39.2 Å². The van der Waals surface area contributed by atoms with E-state index in [9.17, 15) is 45.5 Å². The second-order valence-corrected chi connectivity index (χ2v) is 19.2. The lowest BCUT2D eigenvalue weighted by atomic mass is 9.81. The van der Waals surface area contributed by atoms with Crippen molar-refractivity contribution in [3.63, 3.8) is 0 Å². The molecule has 3 amide bonds. The number of nitrogens with zero attached hydrogens (tertiary/aromatic N) is 6. The fourth-order valence-corrected chi connectivity index (χ4v) is 8.69. The zero-order valence-corrected chi connectivity index (χ0v) is 41.7. The summed E-state index contributed by atoms with van der Waals surface area (Å²) in [5.74, 6) is -4.08. The minimum atomic E-state index is -4.43. The maximum absolute atomic E-state index is 13.9. The molecule has 388 valence electrons. The van der Waals surface area contributed by atoms with Crippen molar-refractivity contribution in [2.24, 2.45) is 28.0 Å². The highest BCUT2D eigenvalue weighted by Crippen LogP contribution is 2.67. The van der Waals surface area contributed by atoms with Crippen molar-refractivity contribution < 1.29 is 50.6 Å². The van der Waals surface area contributed by atoms with Gasteiger partial charge in [0.15, 0.2) is 0 Å². The number of benzene rings is 2. The predicted molar refractivity (Wildman–Crippen MR) is 256 cm³/mol. The van der Waals surface area contributed by atoms with E-state index in [1.54, 1.807) is 38.1 Å². The van der Waals surface area contributed by atoms with Crippen LogP contribution in [0.15, 0.2) is 61.2 Å². The number of hydrogen-bond acceptors (Lipinski definition) is 11. The van der Waals surface area contributed by atoms with E-state index >= 15 is 0 Å². The molecule has 23 heteroatoms. The monoisotopic (exact) mass is 1040 g/mol. The Morgan fingerprint density at radius 2 is 1.04 bits per heavy atom. The van der Waals surface area contributed by atoms with Crippen LogP contribution in [0.2, 0.25) is 10.0 Å². The average Bonchev–Trinajstić information content (AvgIpc) is 4.22. The molecule has 15 nitrogen and oxygen atoms in total. The number of carbonyl (C=O) groups excluding carboxylic acids is 3. The van der Waals surface area contributed by atoms with Crippen molar-refractivity contribution in [1.82, 2.24) is 35.1 Å². The van der Waals surface area contributed by atoms with Gasteiger partial charge in [0.1, 0.15) is 11.6 Å². The average molecular weight is 1040 g/mol. The van der Waals surface area contributed by atoms with Crippen molar-refractivity contribution in [3.05, 3.63) is 116 Å². The molecular formula is C48H60Cl2F6N10O5. The lowest BCUT2D eigenvalue weighted by Crippen LogP contribution is -2.42. The molecule has 2 saturated carbocycles. The number of likely N-dealkylation sites (N-methyl/N-ethyl adjacent to an activating group) is 2. The highest BCUT2D eigenvalue weighted by Gasteiger charge is 2.68. The van der Waals surface area contributed by atoms with Crippen LogP contribution in [0.25, 0.3) is 0 Å². The van der Waals surface area contributed by atoms with Crippen LogP contribution in [0.4, 0.5) is 26.3 Å². The van der Waals surface area contributed by atoms with Gasteiger partial charge in [-0.2, -0.15) is 26.3 Å². The zero-order chi connectivity index (χ0) is 53.2. The molecule has 2 aromatic carbocycles. The van der Waals surface area contributed by atoms with E-state index in [1.165, 1.54) is 30.9 Å². The first-order valence-electron chi connectivity index (χ1n) is 22.4. The third kappa shape index (κ3) is 15.5. The van der Waals surface area contributed by atoms with Gasteiger partial charge in [0, 0.05) is 89.4 Å². The van der Waals surface area contributed by atoms with Crippen molar-refractivity contribution in [2.75, 3.05) is 41.3 Å². The minimum absolute atomic E-state index is 0.0254. The Kier molecular flexibility index (Phi) is 19.9. The molecule has 4 atom stereocenters. The minimum Gasteiger partial charge on any atom is -0.481 e. The second kappa shape index (κ2) is 24.3. The Bertz CT molecular complexity index is 2470. The molecule has 2 unspecified atom stereocenters. The molecule has 71 heavy (non-hydrogen) atoms. The quantitative estimate of drug-likeness (QED) is 0.0587. The van der Waals surface area contributed by atoms with Gasteiger partial charge < -0.3 is 37.4 Å². The predicted octanol–water partition coefficient (Wildman–Crippen LogP) is 7.20. The highest BCUT2D eigenvalue weighted by molar-refractivity contribution is 6.32. The summed E-state index contributed by atoms with van der Waals surface area (Å²) < 4.78 is 81.1. The van der Waals surface area contributed by atoms with Crippen molar-refractivity contribution in [1.29, 1.82) is 0 Å². The lowest BCUT2D eigenvalue weighted by Gasteiger charge is -2.30. The van der Waals surface area contributed by atoms with Gasteiger partial charge in [-0.3, -0.25) is 19.2 Å². The Hall–Kier alpha value is -5.48. The number of carbonyl (C=O) groups is 4. The summed E-state index contributed by atoms with van der Waals surface area (Å²) in [5, 5.41) is 12.6. The molecule has 2 aliphatic carbocycles. The van der Waals surface area contributed by atoms with E-state index in [4.69, 9.17) is 45.5 Å². The first-order chi connectivity index (χ1) is 33.0. The molecule has 0 saturated heterocycles. The molecule has 6 rings (SSSR count). The van der Waals surface area contributed by atoms with E-state index in [2.05, 4.69) is 30.2 Å². The van der Waals surface area contributed by atoms with Crippen LogP contribution in [-0.4, -0.2) is 124 Å². The smallest absolute Gasteiger partial charge is 0.395 e. The molecule has 0 aliphatic heterocycles. The molecular weight excluding hydrogens is 981 g/mol. The van der Waals surface area contributed by atoms with Crippen molar-refractivity contribution in [3.8, 4) is 0 Å². The van der Waals surface area contributed by atoms with Crippen LogP contribution in [0.5, 0.6) is 0 Å². The Morgan fingerprint density at radius 1 is 0.676 bits per heavy atom. The number of halogens is 8. The summed E-state index contributed by atoms with van der Waals surface area (Å²) in [5.41, 5.74) is 15.3.